The van der Waals surface area contributed by atoms with E-state index in [1.165, 1.54) is 12.8 Å². The third-order valence-corrected chi connectivity index (χ3v) is 3.05. The summed E-state index contributed by atoms with van der Waals surface area (Å²) in [6.45, 7) is 0. The Labute approximate surface area is 93.1 Å². The third-order valence-electron chi connectivity index (χ3n) is 2.82. The van der Waals surface area contributed by atoms with Gasteiger partial charge in [0.05, 0.1) is 5.52 Å². The Morgan fingerprint density at radius 2 is 2.07 bits per heavy atom. The molecule has 0 radical (unpaired) electrons. The molecule has 2 nitrogen and oxygen atoms in total. The third kappa shape index (κ3) is 1.55. The Balaban J connectivity index is 2.26. The van der Waals surface area contributed by atoms with Crippen molar-refractivity contribution >= 4 is 28.2 Å². The fraction of sp³-hybridized carbons (Fsp3) is 0.250. The first kappa shape index (κ1) is 8.98. The predicted octanol–water partition coefficient (Wildman–Crippen LogP) is 3.35. The van der Waals surface area contributed by atoms with Crippen molar-refractivity contribution < 1.29 is 0 Å². The Morgan fingerprint density at radius 3 is 2.80 bits per heavy atom. The van der Waals surface area contributed by atoms with Crippen LogP contribution >= 0.6 is 11.6 Å². The highest BCUT2D eigenvalue weighted by Crippen LogP contribution is 2.40. The largest absolute Gasteiger partial charge is 0.398 e. The van der Waals surface area contributed by atoms with Gasteiger partial charge in [0.15, 0.2) is 0 Å². The van der Waals surface area contributed by atoms with Crippen LogP contribution in [-0.2, 0) is 0 Å². The maximum Gasteiger partial charge on any atom is 0.0727 e. The van der Waals surface area contributed by atoms with Crippen LogP contribution in [0.25, 0.3) is 10.9 Å². The topological polar surface area (TPSA) is 38.9 Å². The van der Waals surface area contributed by atoms with Crippen molar-refractivity contribution in [1.82, 2.24) is 4.98 Å². The Hall–Kier alpha value is -1.28. The van der Waals surface area contributed by atoms with E-state index in [1.807, 2.05) is 24.3 Å². The molecule has 0 amide bonds. The molecule has 0 saturated heterocycles. The summed E-state index contributed by atoms with van der Waals surface area (Å²) < 4.78 is 0. The minimum atomic E-state index is 0.632. The lowest BCUT2D eigenvalue weighted by Crippen LogP contribution is -1.94. The number of nitrogen functional groups attached to an aromatic ring is 1. The van der Waals surface area contributed by atoms with Crippen molar-refractivity contribution in [3.8, 4) is 0 Å². The normalized spacial score (nSPS) is 15.8. The second kappa shape index (κ2) is 3.11. The molecule has 1 heterocycles. The summed E-state index contributed by atoms with van der Waals surface area (Å²) in [6.07, 6.45) is 2.48. The number of hydrogen-bond acceptors (Lipinski definition) is 2. The van der Waals surface area contributed by atoms with E-state index in [-0.39, 0.29) is 0 Å². The number of aromatic nitrogens is 1. The zero-order valence-corrected chi connectivity index (χ0v) is 8.96. The van der Waals surface area contributed by atoms with Crippen molar-refractivity contribution in [2.45, 2.75) is 18.8 Å². The zero-order chi connectivity index (χ0) is 10.4. The molecule has 3 rings (SSSR count). The van der Waals surface area contributed by atoms with Gasteiger partial charge in [0, 0.05) is 27.7 Å². The number of fused-ring (bicyclic) bond motifs is 1. The van der Waals surface area contributed by atoms with Gasteiger partial charge >= 0.3 is 0 Å². The number of halogens is 1. The lowest BCUT2D eigenvalue weighted by Gasteiger charge is -2.05. The van der Waals surface area contributed by atoms with Crippen molar-refractivity contribution in [3.05, 3.63) is 35.0 Å². The molecular weight excluding hydrogens is 208 g/mol. The summed E-state index contributed by atoms with van der Waals surface area (Å²) in [5, 5.41) is 1.65. The molecule has 0 aliphatic heterocycles. The van der Waals surface area contributed by atoms with Gasteiger partial charge < -0.3 is 5.73 Å². The van der Waals surface area contributed by atoms with Crippen molar-refractivity contribution in [1.29, 1.82) is 0 Å². The van der Waals surface area contributed by atoms with Crippen LogP contribution in [0.5, 0.6) is 0 Å². The molecule has 0 bridgehead atoms. The van der Waals surface area contributed by atoms with Crippen molar-refractivity contribution in [2.24, 2.45) is 0 Å². The molecule has 1 aromatic carbocycles. The molecule has 2 aromatic rings. The molecule has 76 valence electrons. The molecule has 1 aliphatic rings. The first-order valence-electron chi connectivity index (χ1n) is 5.10. The maximum absolute atomic E-state index is 5.99. The van der Waals surface area contributed by atoms with Gasteiger partial charge in [0.25, 0.3) is 0 Å². The monoisotopic (exact) mass is 218 g/mol. The van der Waals surface area contributed by atoms with E-state index in [4.69, 9.17) is 17.3 Å². The van der Waals surface area contributed by atoms with Gasteiger partial charge in [-0.05, 0) is 37.1 Å². The second-order valence-electron chi connectivity index (χ2n) is 4.07. The number of anilines is 1. The van der Waals surface area contributed by atoms with E-state index >= 15 is 0 Å². The van der Waals surface area contributed by atoms with Gasteiger partial charge in [0.1, 0.15) is 0 Å². The summed E-state index contributed by atoms with van der Waals surface area (Å²) in [7, 11) is 0. The summed E-state index contributed by atoms with van der Waals surface area (Å²) in [4.78, 5) is 4.60. The quantitative estimate of drug-likeness (QED) is 0.797. The second-order valence-corrected chi connectivity index (χ2v) is 4.51. The fourth-order valence-electron chi connectivity index (χ4n) is 1.83. The predicted molar refractivity (Wildman–Crippen MR) is 63.1 cm³/mol. The molecule has 1 fully saturated rings. The SMILES string of the molecule is Nc1cc(C2CC2)nc2ccc(Cl)cc12. The molecule has 15 heavy (non-hydrogen) atoms. The lowest BCUT2D eigenvalue weighted by atomic mass is 10.1. The van der Waals surface area contributed by atoms with E-state index < -0.39 is 0 Å². The number of nitrogens with zero attached hydrogens (tertiary/aromatic N) is 1. The van der Waals surface area contributed by atoms with Gasteiger partial charge in [-0.3, -0.25) is 4.98 Å². The van der Waals surface area contributed by atoms with Crippen LogP contribution in [0, 0.1) is 0 Å². The Bertz CT molecular complexity index is 532. The molecule has 0 spiro atoms. The summed E-state index contributed by atoms with van der Waals surface area (Å²) in [5.74, 6) is 0.632. The summed E-state index contributed by atoms with van der Waals surface area (Å²) >= 11 is 5.92. The van der Waals surface area contributed by atoms with E-state index in [9.17, 15) is 0 Å². The van der Waals surface area contributed by atoms with Crippen LogP contribution in [0.4, 0.5) is 5.69 Å². The average Bonchev–Trinajstić information content (AvgIpc) is 3.02. The molecule has 0 unspecified atom stereocenters. The molecule has 1 aliphatic carbocycles. The molecular formula is C12H11ClN2. The van der Waals surface area contributed by atoms with Gasteiger partial charge in [-0.1, -0.05) is 11.6 Å². The van der Waals surface area contributed by atoms with E-state index in [2.05, 4.69) is 4.98 Å². The van der Waals surface area contributed by atoms with E-state index in [1.54, 1.807) is 0 Å². The minimum absolute atomic E-state index is 0.632. The van der Waals surface area contributed by atoms with Gasteiger partial charge in [-0.25, -0.2) is 0 Å². The highest BCUT2D eigenvalue weighted by atomic mass is 35.5. The van der Waals surface area contributed by atoms with E-state index in [0.29, 0.717) is 10.9 Å². The van der Waals surface area contributed by atoms with Gasteiger partial charge in [-0.2, -0.15) is 0 Å². The smallest absolute Gasteiger partial charge is 0.0727 e. The summed E-state index contributed by atoms with van der Waals surface area (Å²) in [6, 6.07) is 7.64. The van der Waals surface area contributed by atoms with Crippen LogP contribution in [0.15, 0.2) is 24.3 Å². The maximum atomic E-state index is 5.99. The molecule has 0 atom stereocenters. The Morgan fingerprint density at radius 1 is 1.27 bits per heavy atom. The van der Waals surface area contributed by atoms with Crippen molar-refractivity contribution in [2.75, 3.05) is 5.73 Å². The molecule has 1 saturated carbocycles. The van der Waals surface area contributed by atoms with Crippen LogP contribution in [0.1, 0.15) is 24.5 Å². The number of nitrogens with two attached hydrogens (primary N) is 1. The van der Waals surface area contributed by atoms with Gasteiger partial charge in [-0.15, -0.1) is 0 Å². The standard InChI is InChI=1S/C12H11ClN2/c13-8-3-4-11-9(5-8)10(14)6-12(15-11)7-1-2-7/h3-7H,1-2H2,(H2,14,15). The highest BCUT2D eigenvalue weighted by molar-refractivity contribution is 6.31. The first-order chi connectivity index (χ1) is 7.24. The van der Waals surface area contributed by atoms with Crippen LogP contribution in [0.3, 0.4) is 0 Å². The minimum Gasteiger partial charge on any atom is -0.398 e. The number of rotatable bonds is 1. The first-order valence-corrected chi connectivity index (χ1v) is 5.47. The van der Waals surface area contributed by atoms with Gasteiger partial charge in [0.2, 0.25) is 0 Å². The van der Waals surface area contributed by atoms with Crippen LogP contribution in [-0.4, -0.2) is 4.98 Å². The summed E-state index contributed by atoms with van der Waals surface area (Å²) in [5.41, 5.74) is 8.85. The van der Waals surface area contributed by atoms with Crippen molar-refractivity contribution in [3.63, 3.8) is 0 Å². The van der Waals surface area contributed by atoms with Crippen LogP contribution in [0.2, 0.25) is 5.02 Å². The highest BCUT2D eigenvalue weighted by Gasteiger charge is 2.25. The zero-order valence-electron chi connectivity index (χ0n) is 8.20. The average molecular weight is 219 g/mol. The van der Waals surface area contributed by atoms with E-state index in [0.717, 1.165) is 22.3 Å². The molecule has 3 heteroatoms. The number of hydrogen-bond donors (Lipinski definition) is 1. The fourth-order valence-corrected chi connectivity index (χ4v) is 2.01. The Kier molecular flexibility index (Phi) is 1.86. The molecule has 1 aromatic heterocycles. The molecule has 2 N–H and O–H groups in total. The lowest BCUT2D eigenvalue weighted by molar-refractivity contribution is 1.05. The number of pyridine rings is 1. The number of benzene rings is 1. The van der Waals surface area contributed by atoms with Crippen LogP contribution < -0.4 is 5.73 Å².